The summed E-state index contributed by atoms with van der Waals surface area (Å²) >= 11 is 1.21. The summed E-state index contributed by atoms with van der Waals surface area (Å²) in [5.41, 5.74) is 6.14. The number of thiophene rings is 1. The molecule has 1 aromatic rings. The lowest BCUT2D eigenvalue weighted by molar-refractivity contribution is -0.139. The van der Waals surface area contributed by atoms with Crippen LogP contribution in [0.2, 0.25) is 0 Å². The molecule has 3 rings (SSSR count). The number of carbonyl (C=O) groups excluding carboxylic acids is 2. The van der Waals surface area contributed by atoms with E-state index < -0.39 is 29.6 Å². The van der Waals surface area contributed by atoms with Crippen LogP contribution >= 0.6 is 11.3 Å². The molecule has 194 valence electrons. The first-order valence-electron chi connectivity index (χ1n) is 11.3. The molecule has 0 fully saturated rings. The van der Waals surface area contributed by atoms with E-state index in [-0.39, 0.29) is 30.7 Å². The molecule has 0 saturated heterocycles. The van der Waals surface area contributed by atoms with Crippen LogP contribution in [0.5, 0.6) is 5.88 Å². The lowest BCUT2D eigenvalue weighted by Gasteiger charge is -2.20. The molecular weight excluding hydrogens is 488 g/mol. The number of fused-ring (bicyclic) bond motifs is 1. The van der Waals surface area contributed by atoms with E-state index in [1.807, 2.05) is 6.92 Å². The molecule has 36 heavy (non-hydrogen) atoms. The van der Waals surface area contributed by atoms with Gasteiger partial charge in [-0.05, 0) is 51.3 Å². The molecule has 2 amide bonds. The van der Waals surface area contributed by atoms with Crippen LogP contribution in [0.1, 0.15) is 66.6 Å². The third-order valence-corrected chi connectivity index (χ3v) is 6.51. The van der Waals surface area contributed by atoms with Crippen LogP contribution < -0.4 is 16.4 Å². The summed E-state index contributed by atoms with van der Waals surface area (Å²) in [6, 6.07) is 2.28. The number of nitrogens with zero attached hydrogens (tertiary/aromatic N) is 2. The van der Waals surface area contributed by atoms with Crippen LogP contribution in [0, 0.1) is 0 Å². The lowest BCUT2D eigenvalue weighted by Crippen LogP contribution is -2.41. The number of nitrogens with one attached hydrogen (secondary N) is 3. The number of hydrogen-bond donors (Lipinski definition) is 6. The zero-order valence-electron chi connectivity index (χ0n) is 20.4. The number of aromatic nitrogens is 3. The van der Waals surface area contributed by atoms with Gasteiger partial charge in [0.15, 0.2) is 0 Å². The van der Waals surface area contributed by atoms with Crippen LogP contribution in [0.25, 0.3) is 11.4 Å². The summed E-state index contributed by atoms with van der Waals surface area (Å²) in [6.45, 7) is 7.34. The van der Waals surface area contributed by atoms with Crippen molar-refractivity contribution in [2.45, 2.75) is 58.1 Å². The third-order valence-electron chi connectivity index (χ3n) is 5.24. The number of hydrogen-bond acceptors (Lipinski definition) is 9. The molecule has 0 spiro atoms. The Morgan fingerprint density at radius 3 is 2.67 bits per heavy atom. The predicted octanol–water partition coefficient (Wildman–Crippen LogP) is 2.90. The van der Waals surface area contributed by atoms with Crippen LogP contribution in [0.3, 0.4) is 0 Å². The minimum atomic E-state index is -1.17. The van der Waals surface area contributed by atoms with Gasteiger partial charge in [0.25, 0.3) is 5.91 Å². The molecule has 3 heterocycles. The van der Waals surface area contributed by atoms with Crippen molar-refractivity contribution >= 4 is 35.3 Å². The van der Waals surface area contributed by atoms with Gasteiger partial charge in [-0.2, -0.15) is 4.98 Å². The molecule has 12 nitrogen and oxygen atoms in total. The van der Waals surface area contributed by atoms with E-state index in [2.05, 4.69) is 25.6 Å². The van der Waals surface area contributed by atoms with E-state index in [0.29, 0.717) is 28.2 Å². The van der Waals surface area contributed by atoms with Gasteiger partial charge in [-0.15, -0.1) is 11.3 Å². The first-order valence-corrected chi connectivity index (χ1v) is 12.1. The quantitative estimate of drug-likeness (QED) is 0.231. The van der Waals surface area contributed by atoms with Crippen LogP contribution in [0.4, 0.5) is 10.7 Å². The molecule has 2 unspecified atom stereocenters. The highest BCUT2D eigenvalue weighted by molar-refractivity contribution is 7.14. The Kier molecular flexibility index (Phi) is 8.03. The Labute approximate surface area is 211 Å². The van der Waals surface area contributed by atoms with E-state index in [1.54, 1.807) is 39.1 Å². The number of carbonyl (C=O) groups is 3. The van der Waals surface area contributed by atoms with Gasteiger partial charge in [0, 0.05) is 23.5 Å². The number of ether oxygens (including phenoxy) is 1. The van der Waals surface area contributed by atoms with Crippen molar-refractivity contribution in [1.82, 2.24) is 25.6 Å². The molecule has 0 aromatic carbocycles. The summed E-state index contributed by atoms with van der Waals surface area (Å²) in [6.07, 6.45) is 1.48. The van der Waals surface area contributed by atoms with Gasteiger partial charge in [-0.1, -0.05) is 6.92 Å². The highest BCUT2D eigenvalue weighted by Gasteiger charge is 2.26. The highest BCUT2D eigenvalue weighted by Crippen LogP contribution is 2.40. The van der Waals surface area contributed by atoms with Crippen LogP contribution in [0.15, 0.2) is 18.3 Å². The van der Waals surface area contributed by atoms with Gasteiger partial charge in [-0.3, -0.25) is 4.79 Å². The summed E-state index contributed by atoms with van der Waals surface area (Å²) in [7, 11) is 0. The number of rotatable bonds is 9. The summed E-state index contributed by atoms with van der Waals surface area (Å²) in [5, 5.41) is 24.9. The van der Waals surface area contributed by atoms with Gasteiger partial charge < -0.3 is 36.3 Å². The molecule has 0 bridgehead atoms. The normalized spacial score (nSPS) is 13.2. The summed E-state index contributed by atoms with van der Waals surface area (Å²) < 4.78 is 5.14. The summed E-state index contributed by atoms with van der Waals surface area (Å²) in [5.74, 6) is -1.69. The molecule has 0 radical (unpaired) electrons. The Bertz CT molecular complexity index is 1220. The van der Waals surface area contributed by atoms with E-state index in [4.69, 9.17) is 10.5 Å². The number of anilines is 1. The van der Waals surface area contributed by atoms with Gasteiger partial charge in [-0.25, -0.2) is 14.6 Å². The average molecular weight is 519 g/mol. The second-order valence-electron chi connectivity index (χ2n) is 9.24. The number of nitrogens with two attached hydrogens (primary N) is 1. The molecule has 0 saturated carbocycles. The maximum absolute atomic E-state index is 12.7. The fourth-order valence-corrected chi connectivity index (χ4v) is 4.52. The fourth-order valence-electron chi connectivity index (χ4n) is 3.54. The Morgan fingerprint density at radius 2 is 2.00 bits per heavy atom. The van der Waals surface area contributed by atoms with Crippen molar-refractivity contribution in [3.8, 4) is 17.3 Å². The molecule has 2 aliphatic heterocycles. The lowest BCUT2D eigenvalue weighted by atomic mass is 9.98. The van der Waals surface area contributed by atoms with E-state index in [0.717, 1.165) is 4.88 Å². The molecule has 1 aromatic heterocycles. The second kappa shape index (κ2) is 10.8. The van der Waals surface area contributed by atoms with Crippen molar-refractivity contribution in [2.24, 2.45) is 0 Å². The maximum Gasteiger partial charge on any atom is 0.407 e. The van der Waals surface area contributed by atoms with Gasteiger partial charge in [0.05, 0.1) is 10.4 Å². The van der Waals surface area contributed by atoms with Crippen molar-refractivity contribution in [3.05, 3.63) is 33.6 Å². The Hall–Kier alpha value is -3.87. The number of amides is 2. The number of alkyl carbamates (subject to hydrolysis) is 1. The minimum absolute atomic E-state index is 0.0426. The van der Waals surface area contributed by atoms with Crippen LogP contribution in [-0.2, 0) is 9.53 Å². The topological polar surface area (TPSA) is 193 Å². The van der Waals surface area contributed by atoms with E-state index in [9.17, 15) is 24.6 Å². The molecule has 2 aliphatic rings. The number of aromatic amines is 1. The molecule has 2 atom stereocenters. The molecule has 0 aliphatic carbocycles. The first kappa shape index (κ1) is 26.7. The molecular formula is C23H30N6O6S. The highest BCUT2D eigenvalue weighted by atomic mass is 32.1. The van der Waals surface area contributed by atoms with Crippen molar-refractivity contribution in [1.29, 1.82) is 0 Å². The number of aliphatic carboxylic acids is 1. The van der Waals surface area contributed by atoms with Crippen molar-refractivity contribution in [2.75, 3.05) is 12.3 Å². The molecule has 7 N–H and O–H groups in total. The zero-order valence-corrected chi connectivity index (χ0v) is 21.2. The van der Waals surface area contributed by atoms with Crippen molar-refractivity contribution < 1.29 is 29.3 Å². The van der Waals surface area contributed by atoms with Gasteiger partial charge in [0.2, 0.25) is 11.8 Å². The zero-order chi connectivity index (χ0) is 26.6. The second-order valence-corrected chi connectivity index (χ2v) is 10.4. The smallest absolute Gasteiger partial charge is 0.407 e. The number of carboxylic acids is 1. The number of H-pyrrole nitrogens is 1. The van der Waals surface area contributed by atoms with E-state index in [1.165, 1.54) is 11.3 Å². The largest absolute Gasteiger partial charge is 0.493 e. The van der Waals surface area contributed by atoms with Crippen LogP contribution in [-0.4, -0.2) is 61.3 Å². The number of nitrogen functional groups attached to an aromatic ring is 1. The first-order chi connectivity index (χ1) is 16.9. The fraction of sp³-hybridized carbons (Fsp3) is 0.435. The monoisotopic (exact) mass is 518 g/mol. The number of carboxylic acid groups (broad SMARTS) is 1. The average Bonchev–Trinajstić information content (AvgIpc) is 3.41. The third kappa shape index (κ3) is 6.62. The minimum Gasteiger partial charge on any atom is -0.493 e. The van der Waals surface area contributed by atoms with E-state index >= 15 is 0 Å². The SMILES string of the molecule is CC(c1ccc(C(=O)NC(CCCNC(=O)OC(C)(C)C)C(=O)O)s1)c1cnc2[nH]c(N)nc(O)c1-2. The maximum atomic E-state index is 12.7. The predicted molar refractivity (Wildman–Crippen MR) is 133 cm³/mol. The summed E-state index contributed by atoms with van der Waals surface area (Å²) in [4.78, 5) is 48.2. The van der Waals surface area contributed by atoms with Gasteiger partial charge >= 0.3 is 12.1 Å². The standard InChI is InChI=1S/C23H30N6O6S/c1-11(12-10-26-17-16(12)19(31)29-21(24)28-17)14-7-8-15(36-14)18(30)27-13(20(32)33)6-5-9-25-22(34)35-23(2,3)4/h7-8,10-11,13H,5-6,9H2,1-4H3,(H,25,34)(H,27,30)(H,32,33)(H4,24,26,28,29,31). The Morgan fingerprint density at radius 1 is 1.28 bits per heavy atom. The Balaban J connectivity index is 1.60. The van der Waals surface area contributed by atoms with Crippen molar-refractivity contribution in [3.63, 3.8) is 0 Å². The van der Waals surface area contributed by atoms with Gasteiger partial charge in [0.1, 0.15) is 17.5 Å². The molecule has 13 heteroatoms. The number of aromatic hydroxyl groups is 1.